The number of nitrogens with zero attached hydrogens (tertiary/aromatic N) is 1. The number of ether oxygens (including phenoxy) is 1. The van der Waals surface area contributed by atoms with Gasteiger partial charge in [-0.25, -0.2) is 0 Å². The zero-order valence-corrected chi connectivity index (χ0v) is 11.8. The van der Waals surface area contributed by atoms with Gasteiger partial charge in [-0.05, 0) is 12.1 Å². The smallest absolute Gasteiger partial charge is 0.383 e. The summed E-state index contributed by atoms with van der Waals surface area (Å²) in [4.78, 5) is 1.55. The molecule has 1 atom stereocenters. The van der Waals surface area contributed by atoms with Gasteiger partial charge in [-0.2, -0.15) is 13.2 Å². The van der Waals surface area contributed by atoms with E-state index < -0.39 is 11.7 Å². The highest BCUT2D eigenvalue weighted by Crippen LogP contribution is 2.36. The Morgan fingerprint density at radius 3 is 2.50 bits per heavy atom. The molecule has 0 bridgehead atoms. The molecule has 0 fully saturated rings. The molecule has 0 radical (unpaired) electrons. The molecule has 0 aliphatic heterocycles. The summed E-state index contributed by atoms with van der Waals surface area (Å²) in [5.41, 5.74) is -0.449. The van der Waals surface area contributed by atoms with Crippen molar-refractivity contribution in [3.8, 4) is 0 Å². The first-order chi connectivity index (χ1) is 8.36. The first kappa shape index (κ1) is 15.3. The highest BCUT2D eigenvalue weighted by molar-refractivity contribution is 9.09. The molecule has 102 valence electrons. The van der Waals surface area contributed by atoms with Gasteiger partial charge < -0.3 is 9.64 Å². The molecule has 1 aromatic carbocycles. The van der Waals surface area contributed by atoms with Crippen LogP contribution in [0.15, 0.2) is 24.3 Å². The van der Waals surface area contributed by atoms with Crippen LogP contribution in [0.5, 0.6) is 0 Å². The van der Waals surface area contributed by atoms with Gasteiger partial charge >= 0.3 is 6.18 Å². The third-order valence-corrected chi connectivity index (χ3v) is 2.99. The largest absolute Gasteiger partial charge is 0.418 e. The molecule has 6 heteroatoms. The van der Waals surface area contributed by atoms with Crippen LogP contribution in [0.1, 0.15) is 5.56 Å². The predicted molar refractivity (Wildman–Crippen MR) is 69.3 cm³/mol. The molecule has 1 aromatic rings. The molecule has 0 aliphatic carbocycles. The molecular formula is C12H15BrF3NO. The Bertz CT molecular complexity index is 384. The maximum absolute atomic E-state index is 12.8. The number of methoxy groups -OCH3 is 1. The second-order valence-corrected chi connectivity index (χ2v) is 5.24. The van der Waals surface area contributed by atoms with Gasteiger partial charge in [0, 0.05) is 26.4 Å². The second-order valence-electron chi connectivity index (χ2n) is 3.95. The molecule has 0 spiro atoms. The first-order valence-electron chi connectivity index (χ1n) is 5.36. The van der Waals surface area contributed by atoms with Crippen molar-refractivity contribution in [3.05, 3.63) is 29.8 Å². The fourth-order valence-electron chi connectivity index (χ4n) is 1.68. The van der Waals surface area contributed by atoms with Gasteiger partial charge in [0.25, 0.3) is 0 Å². The van der Waals surface area contributed by atoms with E-state index in [4.69, 9.17) is 4.74 Å². The molecule has 2 nitrogen and oxygen atoms in total. The van der Waals surface area contributed by atoms with Crippen molar-refractivity contribution in [1.29, 1.82) is 0 Å². The topological polar surface area (TPSA) is 12.5 Å². The van der Waals surface area contributed by atoms with Crippen molar-refractivity contribution >= 4 is 21.6 Å². The third-order valence-electron chi connectivity index (χ3n) is 2.44. The Kier molecular flexibility index (Phi) is 5.47. The van der Waals surface area contributed by atoms with E-state index in [0.717, 1.165) is 6.07 Å². The van der Waals surface area contributed by atoms with E-state index in [1.165, 1.54) is 12.1 Å². The van der Waals surface area contributed by atoms with E-state index in [-0.39, 0.29) is 10.5 Å². The van der Waals surface area contributed by atoms with Crippen molar-refractivity contribution in [2.24, 2.45) is 0 Å². The lowest BCUT2D eigenvalue weighted by atomic mass is 10.1. The highest BCUT2D eigenvalue weighted by Gasteiger charge is 2.34. The highest BCUT2D eigenvalue weighted by atomic mass is 79.9. The van der Waals surface area contributed by atoms with Crippen LogP contribution in [-0.2, 0) is 10.9 Å². The number of benzene rings is 1. The standard InChI is InChI=1S/C12H15BrF3NO/c1-17(7-9(13)8-18-2)11-6-4-3-5-10(11)12(14,15)16/h3-6,9H,7-8H2,1-2H3. The molecule has 0 amide bonds. The lowest BCUT2D eigenvalue weighted by molar-refractivity contribution is -0.137. The Morgan fingerprint density at radius 2 is 1.94 bits per heavy atom. The van der Waals surface area contributed by atoms with Crippen LogP contribution < -0.4 is 4.90 Å². The van der Waals surface area contributed by atoms with Crippen LogP contribution in [0.25, 0.3) is 0 Å². The normalized spacial score (nSPS) is 13.4. The fraction of sp³-hybridized carbons (Fsp3) is 0.500. The van der Waals surface area contributed by atoms with E-state index in [0.29, 0.717) is 13.2 Å². The van der Waals surface area contributed by atoms with Crippen LogP contribution in [0.3, 0.4) is 0 Å². The van der Waals surface area contributed by atoms with Crippen LogP contribution >= 0.6 is 15.9 Å². The van der Waals surface area contributed by atoms with Crippen molar-refractivity contribution in [1.82, 2.24) is 0 Å². The third kappa shape index (κ3) is 4.17. The lowest BCUT2D eigenvalue weighted by Crippen LogP contribution is -2.29. The van der Waals surface area contributed by atoms with E-state index in [9.17, 15) is 13.2 Å². The first-order valence-corrected chi connectivity index (χ1v) is 6.28. The van der Waals surface area contributed by atoms with Crippen LogP contribution in [0.4, 0.5) is 18.9 Å². The summed E-state index contributed by atoms with van der Waals surface area (Å²) in [7, 11) is 3.19. The summed E-state index contributed by atoms with van der Waals surface area (Å²) in [6.07, 6.45) is -4.34. The molecule has 1 rings (SSSR count). The van der Waals surface area contributed by atoms with Crippen molar-refractivity contribution in [2.75, 3.05) is 32.2 Å². The number of halogens is 4. The van der Waals surface area contributed by atoms with E-state index in [2.05, 4.69) is 15.9 Å². The average Bonchev–Trinajstić information content (AvgIpc) is 2.28. The molecule has 18 heavy (non-hydrogen) atoms. The number of alkyl halides is 4. The average molecular weight is 326 g/mol. The van der Waals surface area contributed by atoms with Crippen LogP contribution in [0, 0.1) is 0 Å². The summed E-state index contributed by atoms with van der Waals surface area (Å²) >= 11 is 3.36. The monoisotopic (exact) mass is 325 g/mol. The summed E-state index contributed by atoms with van der Waals surface area (Å²) in [5.74, 6) is 0. The molecule has 0 saturated carbocycles. The van der Waals surface area contributed by atoms with Crippen LogP contribution in [-0.4, -0.2) is 32.1 Å². The Morgan fingerprint density at radius 1 is 1.33 bits per heavy atom. The van der Waals surface area contributed by atoms with Gasteiger partial charge in [-0.1, -0.05) is 28.1 Å². The summed E-state index contributed by atoms with van der Waals surface area (Å²) in [6, 6.07) is 5.54. The zero-order chi connectivity index (χ0) is 13.8. The number of para-hydroxylation sites is 1. The molecule has 0 saturated heterocycles. The maximum atomic E-state index is 12.8. The Balaban J connectivity index is 2.89. The number of anilines is 1. The second kappa shape index (κ2) is 6.43. The lowest BCUT2D eigenvalue weighted by Gasteiger charge is -2.25. The fourth-order valence-corrected chi connectivity index (χ4v) is 2.37. The summed E-state index contributed by atoms with van der Waals surface area (Å²) in [5, 5.41) is 0. The number of hydrogen-bond acceptors (Lipinski definition) is 2. The summed E-state index contributed by atoms with van der Waals surface area (Å²) < 4.78 is 43.4. The van der Waals surface area contributed by atoms with Crippen molar-refractivity contribution in [2.45, 2.75) is 11.0 Å². The van der Waals surface area contributed by atoms with Gasteiger partial charge in [0.2, 0.25) is 0 Å². The number of hydrogen-bond donors (Lipinski definition) is 0. The van der Waals surface area contributed by atoms with Gasteiger partial charge in [-0.15, -0.1) is 0 Å². The molecule has 1 unspecified atom stereocenters. The maximum Gasteiger partial charge on any atom is 0.418 e. The number of rotatable bonds is 5. The molecule has 0 aliphatic rings. The molecular weight excluding hydrogens is 311 g/mol. The van der Waals surface area contributed by atoms with Crippen LogP contribution in [0.2, 0.25) is 0 Å². The summed E-state index contributed by atoms with van der Waals surface area (Å²) in [6.45, 7) is 0.874. The van der Waals surface area contributed by atoms with E-state index in [1.807, 2.05) is 0 Å². The SMILES string of the molecule is COCC(Br)CN(C)c1ccccc1C(F)(F)F. The van der Waals surface area contributed by atoms with E-state index >= 15 is 0 Å². The zero-order valence-electron chi connectivity index (χ0n) is 10.2. The van der Waals surface area contributed by atoms with Crippen molar-refractivity contribution < 1.29 is 17.9 Å². The van der Waals surface area contributed by atoms with Gasteiger partial charge in [0.1, 0.15) is 0 Å². The predicted octanol–water partition coefficient (Wildman–Crippen LogP) is 3.55. The van der Waals surface area contributed by atoms with Gasteiger partial charge in [0.05, 0.1) is 17.0 Å². The molecule has 0 N–H and O–H groups in total. The quantitative estimate of drug-likeness (QED) is 0.768. The molecule has 0 heterocycles. The Labute approximate surface area is 113 Å². The minimum absolute atomic E-state index is 0.0196. The van der Waals surface area contributed by atoms with E-state index in [1.54, 1.807) is 25.1 Å². The Hall–Kier alpha value is -0.750. The molecule has 0 aromatic heterocycles. The minimum atomic E-state index is -4.34. The minimum Gasteiger partial charge on any atom is -0.383 e. The van der Waals surface area contributed by atoms with Gasteiger partial charge in [-0.3, -0.25) is 0 Å². The van der Waals surface area contributed by atoms with Crippen molar-refractivity contribution in [3.63, 3.8) is 0 Å². The van der Waals surface area contributed by atoms with Gasteiger partial charge in [0.15, 0.2) is 0 Å².